The first kappa shape index (κ1) is 21.8. The molecule has 0 saturated carbocycles. The quantitative estimate of drug-likeness (QED) is 0.533. The second-order valence-electron chi connectivity index (χ2n) is 6.33. The van der Waals surface area contributed by atoms with Gasteiger partial charge in [0.05, 0.1) is 23.4 Å². The minimum Gasteiger partial charge on any atom is -0.416 e. The van der Waals surface area contributed by atoms with Crippen molar-refractivity contribution in [2.24, 2.45) is 0 Å². The third-order valence-corrected chi connectivity index (χ3v) is 5.12. The van der Waals surface area contributed by atoms with E-state index in [1.54, 1.807) is 25.1 Å². The van der Waals surface area contributed by atoms with E-state index in [2.05, 4.69) is 20.8 Å². The van der Waals surface area contributed by atoms with Gasteiger partial charge in [0.1, 0.15) is 5.82 Å². The molecule has 0 fully saturated rings. The van der Waals surface area contributed by atoms with Crippen LogP contribution in [0.15, 0.2) is 46.0 Å². The van der Waals surface area contributed by atoms with Crippen molar-refractivity contribution < 1.29 is 18.4 Å². The highest BCUT2D eigenvalue weighted by Gasteiger charge is 2.17. The number of rotatable bonds is 7. The molecule has 1 aromatic heterocycles. The van der Waals surface area contributed by atoms with Crippen molar-refractivity contribution in [2.45, 2.75) is 18.6 Å². The lowest BCUT2D eigenvalue weighted by Gasteiger charge is -2.13. The Morgan fingerprint density at radius 3 is 2.63 bits per heavy atom. The molecule has 0 aliphatic rings. The first-order chi connectivity index (χ1) is 14.4. The molecule has 3 aromatic rings. The number of carbonyl (C=O) groups is 2. The highest BCUT2D eigenvalue weighted by atomic mass is 35.5. The number of thioether (sulfide) groups is 1. The smallest absolute Gasteiger partial charge is 0.277 e. The maximum atomic E-state index is 13.0. The number of aryl methyl sites for hydroxylation is 1. The number of carbonyl (C=O) groups excluding carboxylic acids is 2. The van der Waals surface area contributed by atoms with Crippen LogP contribution in [0.5, 0.6) is 0 Å². The summed E-state index contributed by atoms with van der Waals surface area (Å²) in [5.41, 5.74) is 2.17. The summed E-state index contributed by atoms with van der Waals surface area (Å²) in [5.74, 6) is -0.644. The predicted molar refractivity (Wildman–Crippen MR) is 112 cm³/mol. The van der Waals surface area contributed by atoms with Crippen molar-refractivity contribution in [1.29, 1.82) is 0 Å². The maximum Gasteiger partial charge on any atom is 0.277 e. The van der Waals surface area contributed by atoms with Gasteiger partial charge in [-0.25, -0.2) is 4.39 Å². The summed E-state index contributed by atoms with van der Waals surface area (Å²) >= 11 is 7.10. The van der Waals surface area contributed by atoms with Crippen molar-refractivity contribution in [1.82, 2.24) is 15.5 Å². The lowest BCUT2D eigenvalue weighted by Crippen LogP contribution is -2.23. The molecule has 2 amide bonds. The van der Waals surface area contributed by atoms with Crippen LogP contribution in [-0.2, 0) is 11.2 Å². The molecule has 10 heteroatoms. The van der Waals surface area contributed by atoms with Crippen LogP contribution in [0.1, 0.15) is 27.4 Å². The molecule has 156 valence electrons. The zero-order valence-corrected chi connectivity index (χ0v) is 17.7. The van der Waals surface area contributed by atoms with E-state index < -0.39 is 0 Å². The van der Waals surface area contributed by atoms with Gasteiger partial charge in [0.25, 0.3) is 11.1 Å². The summed E-state index contributed by atoms with van der Waals surface area (Å²) in [7, 11) is 1.50. The van der Waals surface area contributed by atoms with Crippen LogP contribution in [0.4, 0.5) is 10.1 Å². The molecule has 0 atom stereocenters. The molecule has 0 unspecified atom stereocenters. The van der Waals surface area contributed by atoms with Gasteiger partial charge in [-0.15, -0.1) is 10.2 Å². The average molecular weight is 449 g/mol. The van der Waals surface area contributed by atoms with Crippen molar-refractivity contribution in [3.63, 3.8) is 0 Å². The molecular weight excluding hydrogens is 431 g/mol. The van der Waals surface area contributed by atoms with E-state index in [0.29, 0.717) is 28.6 Å². The van der Waals surface area contributed by atoms with Gasteiger partial charge in [0.2, 0.25) is 11.8 Å². The zero-order chi connectivity index (χ0) is 21.7. The Bertz CT molecular complexity index is 1070. The largest absolute Gasteiger partial charge is 0.416 e. The Hall–Kier alpha value is -2.91. The molecule has 0 radical (unpaired) electrons. The van der Waals surface area contributed by atoms with Crippen molar-refractivity contribution >= 4 is 40.9 Å². The highest BCUT2D eigenvalue weighted by Crippen LogP contribution is 2.26. The van der Waals surface area contributed by atoms with Gasteiger partial charge < -0.3 is 15.1 Å². The number of halogens is 2. The van der Waals surface area contributed by atoms with Crippen molar-refractivity contribution in [2.75, 3.05) is 18.1 Å². The molecule has 0 bridgehead atoms. The first-order valence-electron chi connectivity index (χ1n) is 8.87. The standard InChI is InChI=1S/C20H18ClFN4O3S/c1-11-7-13(21)9-15(19(28)23-2)18(11)24-16(27)10-30-20-26-25-17(29-20)8-12-3-5-14(22)6-4-12/h3-7,9H,8,10H2,1-2H3,(H,23,28)(H,24,27). The Kier molecular flexibility index (Phi) is 7.07. The molecule has 7 nitrogen and oxygen atoms in total. The Morgan fingerprint density at radius 1 is 1.20 bits per heavy atom. The predicted octanol–water partition coefficient (Wildman–Crippen LogP) is 3.85. The topological polar surface area (TPSA) is 97.1 Å². The van der Waals surface area contributed by atoms with E-state index in [9.17, 15) is 14.0 Å². The van der Waals surface area contributed by atoms with Crippen LogP contribution in [0.3, 0.4) is 0 Å². The number of benzene rings is 2. The fourth-order valence-corrected chi connectivity index (χ4v) is 3.52. The van der Waals surface area contributed by atoms with Gasteiger partial charge in [0, 0.05) is 12.1 Å². The van der Waals surface area contributed by atoms with Gasteiger partial charge in [0.15, 0.2) is 0 Å². The average Bonchev–Trinajstić information content (AvgIpc) is 3.16. The monoisotopic (exact) mass is 448 g/mol. The third-order valence-electron chi connectivity index (χ3n) is 4.08. The summed E-state index contributed by atoms with van der Waals surface area (Å²) in [5, 5.41) is 13.7. The number of aromatic nitrogens is 2. The summed E-state index contributed by atoms with van der Waals surface area (Å²) < 4.78 is 18.5. The summed E-state index contributed by atoms with van der Waals surface area (Å²) in [4.78, 5) is 24.5. The van der Waals surface area contributed by atoms with E-state index in [1.807, 2.05) is 0 Å². The minimum absolute atomic E-state index is 0.00737. The van der Waals surface area contributed by atoms with Crippen molar-refractivity contribution in [3.8, 4) is 0 Å². The molecule has 1 heterocycles. The minimum atomic E-state index is -0.356. The van der Waals surface area contributed by atoms with Crippen LogP contribution in [0.2, 0.25) is 5.02 Å². The number of nitrogens with one attached hydrogen (secondary N) is 2. The first-order valence-corrected chi connectivity index (χ1v) is 10.2. The third kappa shape index (κ3) is 5.58. The molecule has 0 saturated heterocycles. The second-order valence-corrected chi connectivity index (χ2v) is 7.69. The fourth-order valence-electron chi connectivity index (χ4n) is 2.67. The van der Waals surface area contributed by atoms with E-state index in [0.717, 1.165) is 17.3 Å². The number of amides is 2. The molecule has 3 rings (SSSR count). The Balaban J connectivity index is 1.61. The van der Waals surface area contributed by atoms with Crippen LogP contribution < -0.4 is 10.6 Å². The molecule has 2 aromatic carbocycles. The second kappa shape index (κ2) is 9.73. The fraction of sp³-hybridized carbons (Fsp3) is 0.200. The number of hydrogen-bond donors (Lipinski definition) is 2. The van der Waals surface area contributed by atoms with Crippen LogP contribution in [-0.4, -0.2) is 34.8 Å². The van der Waals surface area contributed by atoms with E-state index in [4.69, 9.17) is 16.0 Å². The van der Waals surface area contributed by atoms with Crippen LogP contribution >= 0.6 is 23.4 Å². The summed E-state index contributed by atoms with van der Waals surface area (Å²) in [6.07, 6.45) is 0.361. The van der Waals surface area contributed by atoms with Gasteiger partial charge in [-0.1, -0.05) is 35.5 Å². The van der Waals surface area contributed by atoms with E-state index in [-0.39, 0.29) is 34.2 Å². The van der Waals surface area contributed by atoms with Gasteiger partial charge in [-0.05, 0) is 42.3 Å². The van der Waals surface area contributed by atoms with Gasteiger partial charge in [-0.2, -0.15) is 0 Å². The van der Waals surface area contributed by atoms with Crippen molar-refractivity contribution in [3.05, 3.63) is 69.8 Å². The zero-order valence-electron chi connectivity index (χ0n) is 16.2. The normalized spacial score (nSPS) is 10.7. The molecule has 2 N–H and O–H groups in total. The number of hydrogen-bond acceptors (Lipinski definition) is 6. The summed E-state index contributed by atoms with van der Waals surface area (Å²) in [6, 6.07) is 9.15. The lowest BCUT2D eigenvalue weighted by molar-refractivity contribution is -0.113. The maximum absolute atomic E-state index is 13.0. The molecular formula is C20H18ClFN4O3S. The Morgan fingerprint density at radius 2 is 1.93 bits per heavy atom. The van der Waals surface area contributed by atoms with E-state index >= 15 is 0 Å². The Labute approximate surface area is 181 Å². The molecule has 0 aliphatic heterocycles. The van der Waals surface area contributed by atoms with Gasteiger partial charge in [-0.3, -0.25) is 9.59 Å². The van der Waals surface area contributed by atoms with E-state index in [1.165, 1.54) is 25.2 Å². The summed E-state index contributed by atoms with van der Waals surface area (Å²) in [6.45, 7) is 1.75. The number of anilines is 1. The van der Waals surface area contributed by atoms with Crippen LogP contribution in [0, 0.1) is 12.7 Å². The SMILES string of the molecule is CNC(=O)c1cc(Cl)cc(C)c1NC(=O)CSc1nnc(Cc2ccc(F)cc2)o1. The lowest BCUT2D eigenvalue weighted by atomic mass is 10.1. The van der Waals surface area contributed by atoms with Crippen LogP contribution in [0.25, 0.3) is 0 Å². The van der Waals surface area contributed by atoms with Gasteiger partial charge >= 0.3 is 0 Å². The highest BCUT2D eigenvalue weighted by molar-refractivity contribution is 7.99. The molecule has 0 spiro atoms. The molecule has 30 heavy (non-hydrogen) atoms. The molecule has 0 aliphatic carbocycles. The number of nitrogens with zero attached hydrogens (tertiary/aromatic N) is 2.